The minimum atomic E-state index is -0.144. The summed E-state index contributed by atoms with van der Waals surface area (Å²) in [4.78, 5) is 36.8. The zero-order valence-electron chi connectivity index (χ0n) is 25.6. The Morgan fingerprint density at radius 1 is 1.07 bits per heavy atom. The van der Waals surface area contributed by atoms with Crippen LogP contribution in [0.3, 0.4) is 0 Å². The highest BCUT2D eigenvalue weighted by Gasteiger charge is 2.28. The lowest BCUT2D eigenvalue weighted by Crippen LogP contribution is -2.47. The zero-order valence-corrected chi connectivity index (χ0v) is 27.2. The van der Waals surface area contributed by atoms with Gasteiger partial charge in [-0.05, 0) is 73.6 Å². The van der Waals surface area contributed by atoms with E-state index < -0.39 is 0 Å². The van der Waals surface area contributed by atoms with Crippen LogP contribution in [0.5, 0.6) is 0 Å². The lowest BCUT2D eigenvalue weighted by molar-refractivity contribution is 0.0733. The Labute approximate surface area is 262 Å². The fraction of sp³-hybridized carbons (Fsp3) is 0.382. The number of nitrogens with one attached hydrogen (secondary N) is 2. The van der Waals surface area contributed by atoms with Crippen LogP contribution in [0.1, 0.15) is 59.8 Å². The van der Waals surface area contributed by atoms with Crippen LogP contribution in [0.25, 0.3) is 16.3 Å². The maximum absolute atomic E-state index is 14.7. The Hall–Kier alpha value is -3.46. The zero-order chi connectivity index (χ0) is 30.7. The fourth-order valence-corrected chi connectivity index (χ4v) is 6.66. The number of benzene rings is 2. The molecule has 5 rings (SSSR count). The molecule has 0 aliphatic carbocycles. The summed E-state index contributed by atoms with van der Waals surface area (Å²) >= 11 is 7.54. The van der Waals surface area contributed by atoms with E-state index >= 15 is 0 Å². The third-order valence-electron chi connectivity index (χ3n) is 7.86. The van der Waals surface area contributed by atoms with Crippen molar-refractivity contribution >= 4 is 40.4 Å². The topological polar surface area (TPSA) is 79.3 Å². The summed E-state index contributed by atoms with van der Waals surface area (Å²) < 4.78 is 1.85. The molecule has 3 heterocycles. The number of thiazole rings is 1. The van der Waals surface area contributed by atoms with Crippen molar-refractivity contribution in [2.45, 2.75) is 53.9 Å². The molecule has 9 heteroatoms. The Morgan fingerprint density at radius 2 is 1.72 bits per heavy atom. The first-order valence-corrected chi connectivity index (χ1v) is 16.3. The molecule has 1 amide bonds. The minimum Gasteiger partial charge on any atom is -0.339 e. The molecule has 1 aliphatic heterocycles. The number of rotatable bonds is 9. The second-order valence-electron chi connectivity index (χ2n) is 11.4. The summed E-state index contributed by atoms with van der Waals surface area (Å²) in [5, 5.41) is 7.95. The van der Waals surface area contributed by atoms with Crippen molar-refractivity contribution in [1.29, 1.82) is 0 Å². The van der Waals surface area contributed by atoms with Crippen molar-refractivity contribution in [3.63, 3.8) is 0 Å². The molecular weight excluding hydrogens is 578 g/mol. The second kappa shape index (κ2) is 13.5. The lowest BCUT2D eigenvalue weighted by Gasteiger charge is -2.30. The Bertz CT molecular complexity index is 1650. The first-order valence-electron chi connectivity index (χ1n) is 15.1. The van der Waals surface area contributed by atoms with Gasteiger partial charge in [0.1, 0.15) is 10.8 Å². The van der Waals surface area contributed by atoms with E-state index in [0.29, 0.717) is 46.5 Å². The smallest absolute Gasteiger partial charge is 0.265 e. The van der Waals surface area contributed by atoms with Crippen molar-refractivity contribution in [2.75, 3.05) is 31.5 Å². The highest BCUT2D eigenvalue weighted by molar-refractivity contribution is 7.15. The normalized spacial score (nSPS) is 13.5. The quantitative estimate of drug-likeness (QED) is 0.211. The van der Waals surface area contributed by atoms with Gasteiger partial charge in [-0.25, -0.2) is 4.98 Å². The molecule has 43 heavy (non-hydrogen) atoms. The number of para-hydroxylation sites is 1. The number of piperazine rings is 1. The van der Waals surface area contributed by atoms with Crippen molar-refractivity contribution < 1.29 is 4.79 Å². The number of hydrogen-bond donors (Lipinski definition) is 2. The Kier molecular flexibility index (Phi) is 9.69. The molecule has 2 aromatic heterocycles. The van der Waals surface area contributed by atoms with E-state index in [1.165, 1.54) is 11.3 Å². The summed E-state index contributed by atoms with van der Waals surface area (Å²) in [6.45, 7) is 13.2. The van der Waals surface area contributed by atoms with E-state index in [0.717, 1.165) is 59.0 Å². The summed E-state index contributed by atoms with van der Waals surface area (Å²) in [7, 11) is 0. The van der Waals surface area contributed by atoms with Crippen LogP contribution < -0.4 is 16.2 Å². The van der Waals surface area contributed by atoms with Gasteiger partial charge in [-0.2, -0.15) is 0 Å². The fourth-order valence-electron chi connectivity index (χ4n) is 5.65. The van der Waals surface area contributed by atoms with Crippen LogP contribution in [0.15, 0.2) is 53.3 Å². The highest BCUT2D eigenvalue weighted by Crippen LogP contribution is 2.34. The molecular formula is C34H40ClN5O2S. The predicted octanol–water partition coefficient (Wildman–Crippen LogP) is 7.04. The molecule has 226 valence electrons. The van der Waals surface area contributed by atoms with Crippen LogP contribution in [-0.4, -0.2) is 46.5 Å². The van der Waals surface area contributed by atoms with Gasteiger partial charge in [-0.3, -0.25) is 14.2 Å². The Balaban J connectivity index is 1.77. The van der Waals surface area contributed by atoms with E-state index in [-0.39, 0.29) is 17.4 Å². The number of hydrogen-bond acceptors (Lipinski definition) is 6. The third kappa shape index (κ3) is 6.56. The van der Waals surface area contributed by atoms with Crippen LogP contribution >= 0.6 is 22.9 Å². The second-order valence-corrected chi connectivity index (χ2v) is 13.0. The monoisotopic (exact) mass is 617 g/mol. The number of anilines is 2. The molecule has 0 atom stereocenters. The van der Waals surface area contributed by atoms with Gasteiger partial charge in [-0.15, -0.1) is 11.3 Å². The number of carbonyl (C=O) groups excluding carboxylic acids is 1. The first kappa shape index (κ1) is 31.0. The lowest BCUT2D eigenvalue weighted by atomic mass is 9.97. The third-order valence-corrected chi connectivity index (χ3v) is 9.12. The number of pyridine rings is 1. The maximum Gasteiger partial charge on any atom is 0.265 e. The number of nitrogens with zero attached hydrogens (tertiary/aromatic N) is 3. The molecule has 0 saturated carbocycles. The van der Waals surface area contributed by atoms with Crippen LogP contribution in [0.2, 0.25) is 5.02 Å². The van der Waals surface area contributed by atoms with Crippen molar-refractivity contribution in [3.8, 4) is 16.3 Å². The summed E-state index contributed by atoms with van der Waals surface area (Å²) in [6, 6.07) is 15.5. The Morgan fingerprint density at radius 3 is 2.33 bits per heavy atom. The van der Waals surface area contributed by atoms with Crippen LogP contribution in [0.4, 0.5) is 11.5 Å². The predicted molar refractivity (Wildman–Crippen MR) is 179 cm³/mol. The van der Waals surface area contributed by atoms with Crippen molar-refractivity contribution in [1.82, 2.24) is 19.8 Å². The number of amides is 1. The van der Waals surface area contributed by atoms with Gasteiger partial charge < -0.3 is 15.5 Å². The van der Waals surface area contributed by atoms with Gasteiger partial charge in [0.25, 0.3) is 11.5 Å². The number of carbonyl (C=O) groups is 1. The molecule has 7 nitrogen and oxygen atoms in total. The molecule has 2 aromatic carbocycles. The van der Waals surface area contributed by atoms with E-state index in [1.54, 1.807) is 0 Å². The molecule has 0 spiro atoms. The van der Waals surface area contributed by atoms with Gasteiger partial charge >= 0.3 is 0 Å². The average Bonchev–Trinajstić information content (AvgIpc) is 3.37. The van der Waals surface area contributed by atoms with Crippen LogP contribution in [0, 0.1) is 12.8 Å². The summed E-state index contributed by atoms with van der Waals surface area (Å²) in [5.41, 5.74) is 5.58. The summed E-state index contributed by atoms with van der Waals surface area (Å²) in [6.07, 6.45) is 2.14. The largest absolute Gasteiger partial charge is 0.339 e. The molecule has 1 saturated heterocycles. The molecule has 1 fully saturated rings. The molecule has 4 aromatic rings. The van der Waals surface area contributed by atoms with Gasteiger partial charge in [0.15, 0.2) is 0 Å². The van der Waals surface area contributed by atoms with Crippen molar-refractivity contribution in [3.05, 3.63) is 91.2 Å². The van der Waals surface area contributed by atoms with Crippen LogP contribution in [-0.2, 0) is 19.3 Å². The maximum atomic E-state index is 14.7. The number of halogens is 1. The van der Waals surface area contributed by atoms with Crippen molar-refractivity contribution in [2.24, 2.45) is 5.92 Å². The minimum absolute atomic E-state index is 0.0352. The molecule has 0 unspecified atom stereocenters. The van der Waals surface area contributed by atoms with E-state index in [1.807, 2.05) is 46.7 Å². The standard InChI is InChI=1S/C34H40ClN5O2S/c1-6-23-9-8-10-24(7-2)30(23)40-29(19-21(3)4)27(33(41)39-17-15-36-16-18-39)20-28(34(40)42)32-38-31(22(5)43-32)37-26-13-11-25(35)12-14-26/h8-14,20-21,36-37H,6-7,15-19H2,1-5H3. The van der Waals surface area contributed by atoms with E-state index in [4.69, 9.17) is 16.6 Å². The van der Waals surface area contributed by atoms with Gasteiger partial charge in [0, 0.05) is 47.5 Å². The van der Waals surface area contributed by atoms with Gasteiger partial charge in [-0.1, -0.05) is 57.5 Å². The van der Waals surface area contributed by atoms with Gasteiger partial charge in [0.05, 0.1) is 16.8 Å². The number of aryl methyl sites for hydroxylation is 3. The van der Waals surface area contributed by atoms with Gasteiger partial charge in [0.2, 0.25) is 0 Å². The molecule has 0 bridgehead atoms. The highest BCUT2D eigenvalue weighted by atomic mass is 35.5. The average molecular weight is 618 g/mol. The molecule has 2 N–H and O–H groups in total. The van der Waals surface area contributed by atoms with E-state index in [9.17, 15) is 9.59 Å². The number of aromatic nitrogens is 2. The SMILES string of the molecule is CCc1cccc(CC)c1-n1c(CC(C)C)c(C(=O)N2CCNCC2)cc(-c2nc(Nc3ccc(Cl)cc3)c(C)s2)c1=O. The first-order chi connectivity index (χ1) is 20.7. The van der Waals surface area contributed by atoms with E-state index in [2.05, 4.69) is 56.5 Å². The summed E-state index contributed by atoms with van der Waals surface area (Å²) in [5.74, 6) is 0.881. The molecule has 1 aliphatic rings. The molecule has 0 radical (unpaired) electrons.